The van der Waals surface area contributed by atoms with Crippen molar-refractivity contribution in [2.24, 2.45) is 0 Å². The van der Waals surface area contributed by atoms with Gasteiger partial charge in [-0.15, -0.1) is 0 Å². The van der Waals surface area contributed by atoms with E-state index in [9.17, 15) is 4.79 Å². The zero-order chi connectivity index (χ0) is 13.9. The predicted octanol–water partition coefficient (Wildman–Crippen LogP) is 2.14. The summed E-state index contributed by atoms with van der Waals surface area (Å²) < 4.78 is 0. The lowest BCUT2D eigenvalue weighted by atomic mass is 9.94. The van der Waals surface area contributed by atoms with Crippen LogP contribution in [0.1, 0.15) is 48.3 Å². The highest BCUT2D eigenvalue weighted by Gasteiger charge is 2.34. The number of hydrogen-bond donors (Lipinski definition) is 1. The molecule has 1 aromatic rings. The topological polar surface area (TPSA) is 45.2 Å². The van der Waals surface area contributed by atoms with Crippen LogP contribution in [0.4, 0.5) is 0 Å². The number of piperidine rings is 1. The highest BCUT2D eigenvalue weighted by molar-refractivity contribution is 5.92. The SMILES string of the molecule is Cc1cccc(C(=O)N2CCCCC2C2CCCN2)n1. The Morgan fingerprint density at radius 3 is 2.95 bits per heavy atom. The molecule has 4 heteroatoms. The Labute approximate surface area is 120 Å². The van der Waals surface area contributed by atoms with Crippen LogP contribution in [0.2, 0.25) is 0 Å². The van der Waals surface area contributed by atoms with E-state index in [-0.39, 0.29) is 5.91 Å². The molecule has 2 fully saturated rings. The van der Waals surface area contributed by atoms with Gasteiger partial charge in [-0.05, 0) is 57.7 Å². The number of likely N-dealkylation sites (tertiary alicyclic amines) is 1. The van der Waals surface area contributed by atoms with Gasteiger partial charge >= 0.3 is 0 Å². The summed E-state index contributed by atoms with van der Waals surface area (Å²) >= 11 is 0. The number of aromatic nitrogens is 1. The van der Waals surface area contributed by atoms with Crippen LogP contribution in [0.25, 0.3) is 0 Å². The number of carbonyl (C=O) groups is 1. The molecule has 0 bridgehead atoms. The van der Waals surface area contributed by atoms with Crippen molar-refractivity contribution in [1.82, 2.24) is 15.2 Å². The Kier molecular flexibility index (Phi) is 4.01. The number of pyridine rings is 1. The first-order valence-corrected chi connectivity index (χ1v) is 7.74. The predicted molar refractivity (Wildman–Crippen MR) is 78.7 cm³/mol. The number of hydrogen-bond acceptors (Lipinski definition) is 3. The molecule has 1 aromatic heterocycles. The number of nitrogens with zero attached hydrogens (tertiary/aromatic N) is 2. The van der Waals surface area contributed by atoms with Gasteiger partial charge in [0.2, 0.25) is 0 Å². The highest BCUT2D eigenvalue weighted by atomic mass is 16.2. The third-order valence-electron chi connectivity index (χ3n) is 4.48. The van der Waals surface area contributed by atoms with Gasteiger partial charge in [-0.2, -0.15) is 0 Å². The molecule has 2 aliphatic rings. The summed E-state index contributed by atoms with van der Waals surface area (Å²) in [7, 11) is 0. The molecule has 20 heavy (non-hydrogen) atoms. The lowest BCUT2D eigenvalue weighted by molar-refractivity contribution is 0.0557. The summed E-state index contributed by atoms with van der Waals surface area (Å²) in [5.41, 5.74) is 1.50. The molecule has 3 heterocycles. The number of carbonyl (C=O) groups excluding carboxylic acids is 1. The molecule has 0 spiro atoms. The molecule has 1 N–H and O–H groups in total. The van der Waals surface area contributed by atoms with Crippen LogP contribution in [0, 0.1) is 6.92 Å². The molecule has 3 rings (SSSR count). The van der Waals surface area contributed by atoms with Crippen LogP contribution < -0.4 is 5.32 Å². The van der Waals surface area contributed by atoms with Crippen LogP contribution >= 0.6 is 0 Å². The van der Waals surface area contributed by atoms with Gasteiger partial charge in [0.25, 0.3) is 5.91 Å². The molecule has 0 aromatic carbocycles. The minimum Gasteiger partial charge on any atom is -0.333 e. The van der Waals surface area contributed by atoms with E-state index in [1.807, 2.05) is 25.1 Å². The van der Waals surface area contributed by atoms with Gasteiger partial charge in [-0.3, -0.25) is 4.79 Å². The van der Waals surface area contributed by atoms with E-state index in [0.29, 0.717) is 17.8 Å². The molecule has 4 nitrogen and oxygen atoms in total. The fourth-order valence-corrected chi connectivity index (χ4v) is 3.48. The number of amides is 1. The average Bonchev–Trinajstić information content (AvgIpc) is 3.00. The molecule has 2 atom stereocenters. The lowest BCUT2D eigenvalue weighted by Crippen LogP contribution is -2.52. The molecule has 0 radical (unpaired) electrons. The summed E-state index contributed by atoms with van der Waals surface area (Å²) in [6.07, 6.45) is 5.88. The second-order valence-electron chi connectivity index (χ2n) is 5.93. The molecular weight excluding hydrogens is 250 g/mol. The first-order valence-electron chi connectivity index (χ1n) is 7.74. The van der Waals surface area contributed by atoms with E-state index in [1.54, 1.807) is 0 Å². The van der Waals surface area contributed by atoms with Gasteiger partial charge in [-0.25, -0.2) is 4.98 Å². The maximum absolute atomic E-state index is 12.8. The van der Waals surface area contributed by atoms with Crippen molar-refractivity contribution in [3.63, 3.8) is 0 Å². The second kappa shape index (κ2) is 5.92. The van der Waals surface area contributed by atoms with Gasteiger partial charge in [0.05, 0.1) is 0 Å². The Bertz CT molecular complexity index is 482. The normalized spacial score (nSPS) is 26.8. The highest BCUT2D eigenvalue weighted by Crippen LogP contribution is 2.25. The minimum atomic E-state index is 0.104. The zero-order valence-electron chi connectivity index (χ0n) is 12.1. The van der Waals surface area contributed by atoms with Crippen LogP contribution in [0.3, 0.4) is 0 Å². The van der Waals surface area contributed by atoms with Crippen LogP contribution in [-0.2, 0) is 0 Å². The maximum Gasteiger partial charge on any atom is 0.272 e. The monoisotopic (exact) mass is 273 g/mol. The summed E-state index contributed by atoms with van der Waals surface area (Å²) in [6, 6.07) is 6.51. The Morgan fingerprint density at radius 2 is 2.20 bits per heavy atom. The Morgan fingerprint density at radius 1 is 1.30 bits per heavy atom. The zero-order valence-corrected chi connectivity index (χ0v) is 12.1. The van der Waals surface area contributed by atoms with E-state index in [0.717, 1.165) is 31.6 Å². The summed E-state index contributed by atoms with van der Waals surface area (Å²) in [5.74, 6) is 0.104. The van der Waals surface area contributed by atoms with Gasteiger partial charge in [-0.1, -0.05) is 6.07 Å². The first kappa shape index (κ1) is 13.6. The summed E-state index contributed by atoms with van der Waals surface area (Å²) in [4.78, 5) is 19.2. The van der Waals surface area contributed by atoms with Crippen molar-refractivity contribution in [3.8, 4) is 0 Å². The molecule has 0 saturated carbocycles. The molecule has 108 valence electrons. The Balaban J connectivity index is 1.80. The van der Waals surface area contributed by atoms with Gasteiger partial charge < -0.3 is 10.2 Å². The summed E-state index contributed by atoms with van der Waals surface area (Å²) in [6.45, 7) is 3.90. The van der Waals surface area contributed by atoms with Crippen molar-refractivity contribution in [2.75, 3.05) is 13.1 Å². The molecule has 2 aliphatic heterocycles. The summed E-state index contributed by atoms with van der Waals surface area (Å²) in [5, 5.41) is 3.56. The van der Waals surface area contributed by atoms with Crippen molar-refractivity contribution < 1.29 is 4.79 Å². The van der Waals surface area contributed by atoms with Crippen molar-refractivity contribution in [3.05, 3.63) is 29.6 Å². The fourth-order valence-electron chi connectivity index (χ4n) is 3.48. The number of nitrogens with one attached hydrogen (secondary N) is 1. The van der Waals surface area contributed by atoms with E-state index < -0.39 is 0 Å². The van der Waals surface area contributed by atoms with E-state index in [2.05, 4.69) is 15.2 Å². The van der Waals surface area contributed by atoms with E-state index >= 15 is 0 Å². The minimum absolute atomic E-state index is 0.104. The number of rotatable bonds is 2. The quantitative estimate of drug-likeness (QED) is 0.898. The average molecular weight is 273 g/mol. The third-order valence-corrected chi connectivity index (χ3v) is 4.48. The lowest BCUT2D eigenvalue weighted by Gasteiger charge is -2.39. The van der Waals surface area contributed by atoms with Crippen molar-refractivity contribution in [1.29, 1.82) is 0 Å². The van der Waals surface area contributed by atoms with Crippen LogP contribution in [-0.4, -0.2) is 41.0 Å². The van der Waals surface area contributed by atoms with Gasteiger partial charge in [0.15, 0.2) is 0 Å². The van der Waals surface area contributed by atoms with Crippen molar-refractivity contribution >= 4 is 5.91 Å². The van der Waals surface area contributed by atoms with Gasteiger partial charge in [0, 0.05) is 24.3 Å². The first-order chi connectivity index (χ1) is 9.75. The van der Waals surface area contributed by atoms with E-state index in [1.165, 1.54) is 19.3 Å². The third kappa shape index (κ3) is 2.70. The smallest absolute Gasteiger partial charge is 0.272 e. The van der Waals surface area contributed by atoms with Crippen LogP contribution in [0.15, 0.2) is 18.2 Å². The maximum atomic E-state index is 12.8. The number of aryl methyl sites for hydroxylation is 1. The molecule has 0 aliphatic carbocycles. The van der Waals surface area contributed by atoms with Crippen molar-refractivity contribution in [2.45, 2.75) is 51.1 Å². The van der Waals surface area contributed by atoms with E-state index in [4.69, 9.17) is 0 Å². The molecule has 1 amide bonds. The van der Waals surface area contributed by atoms with Gasteiger partial charge in [0.1, 0.15) is 5.69 Å². The Hall–Kier alpha value is -1.42. The molecular formula is C16H23N3O. The standard InChI is InChI=1S/C16H23N3O/c1-12-6-4-7-14(18-12)16(20)19-11-3-2-9-15(19)13-8-5-10-17-13/h4,6-7,13,15,17H,2-3,5,8-11H2,1H3. The second-order valence-corrected chi connectivity index (χ2v) is 5.93. The fraction of sp³-hybridized carbons (Fsp3) is 0.625. The van der Waals surface area contributed by atoms with Crippen LogP contribution in [0.5, 0.6) is 0 Å². The molecule has 2 unspecified atom stereocenters. The largest absolute Gasteiger partial charge is 0.333 e. The molecule has 2 saturated heterocycles.